The molecule has 1 aliphatic rings. The molecule has 2 N–H and O–H groups in total. The van der Waals surface area contributed by atoms with Crippen LogP contribution in [0.25, 0.3) is 0 Å². The van der Waals surface area contributed by atoms with Gasteiger partial charge in [0.15, 0.2) is 0 Å². The molecule has 0 saturated heterocycles. The van der Waals surface area contributed by atoms with E-state index in [4.69, 9.17) is 0 Å². The van der Waals surface area contributed by atoms with Crippen molar-refractivity contribution in [2.24, 2.45) is 0 Å². The lowest BCUT2D eigenvalue weighted by Crippen LogP contribution is -2.36. The predicted molar refractivity (Wildman–Crippen MR) is 62.5 cm³/mol. The minimum Gasteiger partial charge on any atom is -0.335 e. The fraction of sp³-hybridized carbons (Fsp3) is 0.364. The van der Waals surface area contributed by atoms with Crippen LogP contribution in [-0.4, -0.2) is 12.1 Å². The van der Waals surface area contributed by atoms with E-state index >= 15 is 0 Å². The van der Waals surface area contributed by atoms with Gasteiger partial charge in [-0.05, 0) is 24.5 Å². The van der Waals surface area contributed by atoms with Crippen molar-refractivity contribution in [1.29, 1.82) is 0 Å². The molecule has 0 unspecified atom stereocenters. The first-order valence-corrected chi connectivity index (χ1v) is 5.83. The van der Waals surface area contributed by atoms with Crippen LogP contribution in [0, 0.1) is 0 Å². The number of carbonyl (C=O) groups is 1. The first-order chi connectivity index (χ1) is 7.25. The van der Waals surface area contributed by atoms with Crippen molar-refractivity contribution in [1.82, 2.24) is 10.6 Å². The largest absolute Gasteiger partial charge is 0.335 e. The summed E-state index contributed by atoms with van der Waals surface area (Å²) >= 11 is 3.44. The maximum atomic E-state index is 11.3. The lowest BCUT2D eigenvalue weighted by atomic mass is 10.2. The zero-order valence-corrected chi connectivity index (χ0v) is 9.88. The Morgan fingerprint density at radius 1 is 1.40 bits per heavy atom. The van der Waals surface area contributed by atoms with Crippen LogP contribution in [0.3, 0.4) is 0 Å². The Hall–Kier alpha value is -1.03. The van der Waals surface area contributed by atoms with Gasteiger partial charge in [0.05, 0.1) is 0 Å². The van der Waals surface area contributed by atoms with E-state index in [1.807, 2.05) is 24.3 Å². The predicted octanol–water partition coefficient (Wildman–Crippen LogP) is 2.41. The highest BCUT2D eigenvalue weighted by Crippen LogP contribution is 2.18. The van der Waals surface area contributed by atoms with Crippen LogP contribution >= 0.6 is 15.9 Å². The van der Waals surface area contributed by atoms with E-state index in [0.29, 0.717) is 12.6 Å². The Labute approximate surface area is 97.4 Å². The van der Waals surface area contributed by atoms with Crippen LogP contribution in [-0.2, 0) is 6.54 Å². The molecule has 0 radical (unpaired) electrons. The zero-order valence-electron chi connectivity index (χ0n) is 8.29. The van der Waals surface area contributed by atoms with Crippen LogP contribution < -0.4 is 10.6 Å². The molecule has 0 aliphatic heterocycles. The Kier molecular flexibility index (Phi) is 3.26. The summed E-state index contributed by atoms with van der Waals surface area (Å²) in [6.07, 6.45) is 2.23. The van der Waals surface area contributed by atoms with Crippen molar-refractivity contribution in [2.45, 2.75) is 25.4 Å². The third-order valence-corrected chi connectivity index (χ3v) is 3.08. The molecule has 1 fully saturated rings. The molecule has 1 aromatic carbocycles. The summed E-state index contributed by atoms with van der Waals surface area (Å²) in [5, 5.41) is 5.71. The second kappa shape index (κ2) is 4.66. The summed E-state index contributed by atoms with van der Waals surface area (Å²) in [5.41, 5.74) is 1.09. The molecule has 80 valence electrons. The normalized spacial score (nSPS) is 14.7. The van der Waals surface area contributed by atoms with Crippen LogP contribution in [0.1, 0.15) is 18.4 Å². The number of rotatable bonds is 3. The zero-order chi connectivity index (χ0) is 10.7. The number of hydrogen-bond acceptors (Lipinski definition) is 1. The molecular weight excluding hydrogens is 256 g/mol. The Morgan fingerprint density at radius 2 is 2.13 bits per heavy atom. The highest BCUT2D eigenvalue weighted by atomic mass is 79.9. The minimum absolute atomic E-state index is 0.0757. The number of hydrogen-bond donors (Lipinski definition) is 2. The third kappa shape index (κ3) is 3.23. The fourth-order valence-electron chi connectivity index (χ4n) is 1.28. The van der Waals surface area contributed by atoms with Gasteiger partial charge in [-0.15, -0.1) is 0 Å². The average Bonchev–Trinajstić information content (AvgIpc) is 3.00. The van der Waals surface area contributed by atoms with Crippen LogP contribution in [0.15, 0.2) is 28.7 Å². The Bertz CT molecular complexity index is 363. The van der Waals surface area contributed by atoms with E-state index in [1.165, 1.54) is 0 Å². The summed E-state index contributed by atoms with van der Waals surface area (Å²) < 4.78 is 1.02. The molecule has 1 aliphatic carbocycles. The molecule has 0 atom stereocenters. The molecule has 0 heterocycles. The highest BCUT2D eigenvalue weighted by Gasteiger charge is 2.22. The SMILES string of the molecule is O=C(NCc1ccccc1Br)NC1CC1. The number of carbonyl (C=O) groups excluding carboxylic acids is 1. The van der Waals surface area contributed by atoms with Gasteiger partial charge in [-0.3, -0.25) is 0 Å². The van der Waals surface area contributed by atoms with Gasteiger partial charge in [0, 0.05) is 17.1 Å². The second-order valence-electron chi connectivity index (χ2n) is 3.69. The standard InChI is InChI=1S/C11H13BrN2O/c12-10-4-2-1-3-8(10)7-13-11(15)14-9-5-6-9/h1-4,9H,5-7H2,(H2,13,14,15). The van der Waals surface area contributed by atoms with Crippen molar-refractivity contribution in [3.63, 3.8) is 0 Å². The molecule has 15 heavy (non-hydrogen) atoms. The highest BCUT2D eigenvalue weighted by molar-refractivity contribution is 9.10. The van der Waals surface area contributed by atoms with E-state index in [2.05, 4.69) is 26.6 Å². The van der Waals surface area contributed by atoms with Gasteiger partial charge in [0.1, 0.15) is 0 Å². The van der Waals surface area contributed by atoms with Crippen molar-refractivity contribution in [3.05, 3.63) is 34.3 Å². The summed E-state index contributed by atoms with van der Waals surface area (Å²) in [4.78, 5) is 11.3. The number of urea groups is 1. The van der Waals surface area contributed by atoms with E-state index in [0.717, 1.165) is 22.9 Å². The van der Waals surface area contributed by atoms with Gasteiger partial charge in [-0.2, -0.15) is 0 Å². The third-order valence-electron chi connectivity index (χ3n) is 2.31. The van der Waals surface area contributed by atoms with Gasteiger partial charge in [-0.25, -0.2) is 4.79 Å². The first kappa shape index (κ1) is 10.5. The summed E-state index contributed by atoms with van der Waals surface area (Å²) in [5.74, 6) is 0. The monoisotopic (exact) mass is 268 g/mol. The minimum atomic E-state index is -0.0757. The van der Waals surface area contributed by atoms with Crippen LogP contribution in [0.5, 0.6) is 0 Å². The van der Waals surface area contributed by atoms with E-state index in [1.54, 1.807) is 0 Å². The molecule has 3 nitrogen and oxygen atoms in total. The number of halogens is 1. The number of amides is 2. The van der Waals surface area contributed by atoms with Crippen molar-refractivity contribution < 1.29 is 4.79 Å². The molecule has 2 rings (SSSR count). The molecular formula is C11H13BrN2O. The van der Waals surface area contributed by atoms with Crippen LogP contribution in [0.2, 0.25) is 0 Å². The molecule has 4 heteroatoms. The van der Waals surface area contributed by atoms with Gasteiger partial charge in [-0.1, -0.05) is 34.1 Å². The smallest absolute Gasteiger partial charge is 0.315 e. The second-order valence-corrected chi connectivity index (χ2v) is 4.55. The summed E-state index contributed by atoms with van der Waals surface area (Å²) in [6.45, 7) is 0.556. The number of benzene rings is 1. The number of nitrogens with one attached hydrogen (secondary N) is 2. The fourth-order valence-corrected chi connectivity index (χ4v) is 1.71. The van der Waals surface area contributed by atoms with Gasteiger partial charge in [0.2, 0.25) is 0 Å². The summed E-state index contributed by atoms with van der Waals surface area (Å²) in [7, 11) is 0. The molecule has 0 spiro atoms. The Morgan fingerprint density at radius 3 is 2.80 bits per heavy atom. The van der Waals surface area contributed by atoms with Gasteiger partial charge in [0.25, 0.3) is 0 Å². The molecule has 1 saturated carbocycles. The molecule has 1 aromatic rings. The topological polar surface area (TPSA) is 41.1 Å². The molecule has 0 aromatic heterocycles. The lowest BCUT2D eigenvalue weighted by Gasteiger charge is -2.07. The first-order valence-electron chi connectivity index (χ1n) is 5.03. The van der Waals surface area contributed by atoms with Gasteiger partial charge < -0.3 is 10.6 Å². The van der Waals surface area contributed by atoms with E-state index in [9.17, 15) is 4.79 Å². The van der Waals surface area contributed by atoms with Gasteiger partial charge >= 0.3 is 6.03 Å². The van der Waals surface area contributed by atoms with Crippen LogP contribution in [0.4, 0.5) is 4.79 Å². The average molecular weight is 269 g/mol. The molecule has 2 amide bonds. The maximum Gasteiger partial charge on any atom is 0.315 e. The lowest BCUT2D eigenvalue weighted by molar-refractivity contribution is 0.240. The Balaban J connectivity index is 1.81. The summed E-state index contributed by atoms with van der Waals surface area (Å²) in [6, 6.07) is 8.20. The van der Waals surface area contributed by atoms with E-state index < -0.39 is 0 Å². The maximum absolute atomic E-state index is 11.3. The van der Waals surface area contributed by atoms with Crippen molar-refractivity contribution >= 4 is 22.0 Å². The van der Waals surface area contributed by atoms with Crippen molar-refractivity contribution in [3.8, 4) is 0 Å². The van der Waals surface area contributed by atoms with Crippen molar-refractivity contribution in [2.75, 3.05) is 0 Å². The molecule has 0 bridgehead atoms. The quantitative estimate of drug-likeness (QED) is 0.869. The van der Waals surface area contributed by atoms with E-state index in [-0.39, 0.29) is 6.03 Å².